The van der Waals surface area contributed by atoms with Crippen LogP contribution < -0.4 is 0 Å². The average molecular weight is 175 g/mol. The van der Waals surface area contributed by atoms with Gasteiger partial charge in [-0.1, -0.05) is 0 Å². The highest BCUT2D eigenvalue weighted by atomic mass is 16.1. The smallest absolute Gasteiger partial charge is 0.166 e. The number of aryl methyl sites for hydroxylation is 2. The van der Waals surface area contributed by atoms with E-state index >= 15 is 0 Å². The topological polar surface area (TPSA) is 47.3 Å². The lowest BCUT2D eigenvalue weighted by Crippen LogP contribution is -1.97. The molecule has 0 aliphatic rings. The third-order valence-electron chi connectivity index (χ3n) is 1.93. The van der Waals surface area contributed by atoms with Gasteiger partial charge >= 0.3 is 0 Å². The van der Waals surface area contributed by atoms with Gasteiger partial charge in [0.1, 0.15) is 0 Å². The molecule has 4 nitrogen and oxygen atoms in total. The molecule has 0 fully saturated rings. The van der Waals surface area contributed by atoms with E-state index in [0.717, 1.165) is 17.7 Å². The lowest BCUT2D eigenvalue weighted by molar-refractivity contribution is 0.112. The lowest BCUT2D eigenvalue weighted by Gasteiger charge is -1.99. The predicted molar refractivity (Wildman–Crippen MR) is 47.8 cm³/mol. The van der Waals surface area contributed by atoms with Crippen LogP contribution in [0.4, 0.5) is 0 Å². The number of hydrogen-bond donors (Lipinski definition) is 0. The highest BCUT2D eigenvalue weighted by Crippen LogP contribution is 2.09. The van der Waals surface area contributed by atoms with Gasteiger partial charge in [-0.2, -0.15) is 5.10 Å². The van der Waals surface area contributed by atoms with Crippen molar-refractivity contribution in [3.8, 4) is 0 Å². The van der Waals surface area contributed by atoms with E-state index in [9.17, 15) is 4.79 Å². The van der Waals surface area contributed by atoms with Gasteiger partial charge in [-0.25, -0.2) is 9.50 Å². The fraction of sp³-hybridized carbons (Fsp3) is 0.222. The van der Waals surface area contributed by atoms with Crippen molar-refractivity contribution in [2.45, 2.75) is 13.8 Å². The minimum atomic E-state index is 0.534. The van der Waals surface area contributed by atoms with Gasteiger partial charge in [0, 0.05) is 11.4 Å². The highest BCUT2D eigenvalue weighted by molar-refractivity contribution is 5.83. The fourth-order valence-electron chi connectivity index (χ4n) is 1.37. The first kappa shape index (κ1) is 7.91. The molecule has 0 radical (unpaired) electrons. The molecule has 0 spiro atoms. The van der Waals surface area contributed by atoms with E-state index in [2.05, 4.69) is 10.1 Å². The minimum absolute atomic E-state index is 0.534. The van der Waals surface area contributed by atoms with Crippen molar-refractivity contribution in [3.63, 3.8) is 0 Å². The molecule has 0 aliphatic heterocycles. The molecule has 0 aromatic carbocycles. The zero-order valence-electron chi connectivity index (χ0n) is 7.48. The van der Waals surface area contributed by atoms with E-state index in [1.807, 2.05) is 19.9 Å². The number of aldehydes is 1. The normalized spacial score (nSPS) is 10.6. The molecule has 2 aromatic rings. The number of nitrogens with zero attached hydrogens (tertiary/aromatic N) is 3. The van der Waals surface area contributed by atoms with Crippen molar-refractivity contribution in [3.05, 3.63) is 29.2 Å². The number of carbonyl (C=O) groups is 1. The first-order valence-corrected chi connectivity index (χ1v) is 3.99. The second kappa shape index (κ2) is 2.65. The molecule has 2 heterocycles. The molecule has 4 heteroatoms. The van der Waals surface area contributed by atoms with E-state index < -0.39 is 0 Å². The Kier molecular flexibility index (Phi) is 1.62. The van der Waals surface area contributed by atoms with Gasteiger partial charge < -0.3 is 0 Å². The van der Waals surface area contributed by atoms with Crippen LogP contribution in [-0.4, -0.2) is 20.9 Å². The molecule has 2 aromatic heterocycles. The van der Waals surface area contributed by atoms with Crippen LogP contribution in [0.5, 0.6) is 0 Å². The van der Waals surface area contributed by atoms with Crippen molar-refractivity contribution in [2.75, 3.05) is 0 Å². The van der Waals surface area contributed by atoms with Crippen molar-refractivity contribution in [1.29, 1.82) is 0 Å². The Morgan fingerprint density at radius 2 is 2.23 bits per heavy atom. The number of aromatic nitrogens is 3. The van der Waals surface area contributed by atoms with E-state index in [1.165, 1.54) is 6.20 Å². The van der Waals surface area contributed by atoms with Crippen molar-refractivity contribution < 1.29 is 4.79 Å². The van der Waals surface area contributed by atoms with Gasteiger partial charge in [0.25, 0.3) is 0 Å². The standard InChI is InChI=1S/C9H9N3O/c1-6-3-7(2)12-9(11-6)8(5-13)4-10-12/h3-5H,1-2H3. The summed E-state index contributed by atoms with van der Waals surface area (Å²) < 4.78 is 1.66. The first-order chi connectivity index (χ1) is 6.22. The molecule has 2 rings (SSSR count). The largest absolute Gasteiger partial charge is 0.298 e. The number of fused-ring (bicyclic) bond motifs is 1. The number of carbonyl (C=O) groups excluding carboxylic acids is 1. The van der Waals surface area contributed by atoms with Crippen LogP contribution in [-0.2, 0) is 0 Å². The maximum absolute atomic E-state index is 10.6. The van der Waals surface area contributed by atoms with Crippen LogP contribution in [0.15, 0.2) is 12.3 Å². The van der Waals surface area contributed by atoms with Crippen molar-refractivity contribution in [2.24, 2.45) is 0 Å². The molecular weight excluding hydrogens is 166 g/mol. The van der Waals surface area contributed by atoms with E-state index in [1.54, 1.807) is 4.52 Å². The van der Waals surface area contributed by atoms with Crippen LogP contribution in [0.25, 0.3) is 5.65 Å². The minimum Gasteiger partial charge on any atom is -0.298 e. The quantitative estimate of drug-likeness (QED) is 0.611. The van der Waals surface area contributed by atoms with Gasteiger partial charge in [-0.3, -0.25) is 4.79 Å². The average Bonchev–Trinajstić information content (AvgIpc) is 2.47. The fourth-order valence-corrected chi connectivity index (χ4v) is 1.37. The molecular formula is C9H9N3O. The molecule has 0 aliphatic carbocycles. The van der Waals surface area contributed by atoms with Crippen LogP contribution in [0.1, 0.15) is 21.7 Å². The van der Waals surface area contributed by atoms with Crippen molar-refractivity contribution >= 4 is 11.9 Å². The summed E-state index contributed by atoms with van der Waals surface area (Å²) in [7, 11) is 0. The lowest BCUT2D eigenvalue weighted by atomic mass is 10.3. The van der Waals surface area contributed by atoms with Gasteiger partial charge in [-0.05, 0) is 19.9 Å². The third kappa shape index (κ3) is 1.11. The Bertz CT molecular complexity index is 473. The van der Waals surface area contributed by atoms with Crippen LogP contribution >= 0.6 is 0 Å². The summed E-state index contributed by atoms with van der Waals surface area (Å²) in [6, 6.07) is 1.93. The van der Waals surface area contributed by atoms with Gasteiger partial charge in [0.05, 0.1) is 11.8 Å². The monoisotopic (exact) mass is 175 g/mol. The molecule has 0 saturated heterocycles. The highest BCUT2D eigenvalue weighted by Gasteiger charge is 2.06. The molecule has 13 heavy (non-hydrogen) atoms. The number of hydrogen-bond acceptors (Lipinski definition) is 3. The van der Waals surface area contributed by atoms with Crippen LogP contribution in [0, 0.1) is 13.8 Å². The third-order valence-corrected chi connectivity index (χ3v) is 1.93. The zero-order chi connectivity index (χ0) is 9.42. The summed E-state index contributed by atoms with van der Waals surface area (Å²) in [5.41, 5.74) is 3.04. The van der Waals surface area contributed by atoms with Crippen molar-refractivity contribution in [1.82, 2.24) is 14.6 Å². The molecule has 66 valence electrons. The summed E-state index contributed by atoms with van der Waals surface area (Å²) in [5, 5.41) is 4.05. The first-order valence-electron chi connectivity index (χ1n) is 3.99. The summed E-state index contributed by atoms with van der Waals surface area (Å²) in [6.45, 7) is 3.83. The van der Waals surface area contributed by atoms with Crippen LogP contribution in [0.3, 0.4) is 0 Å². The van der Waals surface area contributed by atoms with Gasteiger partial charge in [0.2, 0.25) is 0 Å². The second-order valence-electron chi connectivity index (χ2n) is 2.99. The molecule has 0 amide bonds. The van der Waals surface area contributed by atoms with E-state index in [0.29, 0.717) is 11.2 Å². The maximum Gasteiger partial charge on any atom is 0.166 e. The Balaban J connectivity index is 2.89. The Hall–Kier alpha value is -1.71. The molecule has 0 unspecified atom stereocenters. The number of rotatable bonds is 1. The Labute approximate surface area is 75.2 Å². The summed E-state index contributed by atoms with van der Waals surface area (Å²) >= 11 is 0. The van der Waals surface area contributed by atoms with Gasteiger partial charge in [-0.15, -0.1) is 0 Å². The maximum atomic E-state index is 10.6. The molecule has 0 saturated carbocycles. The Morgan fingerprint density at radius 3 is 2.92 bits per heavy atom. The van der Waals surface area contributed by atoms with Gasteiger partial charge in [0.15, 0.2) is 11.9 Å². The summed E-state index contributed by atoms with van der Waals surface area (Å²) in [6.07, 6.45) is 2.30. The van der Waals surface area contributed by atoms with Crippen LogP contribution in [0.2, 0.25) is 0 Å². The van der Waals surface area contributed by atoms with E-state index in [-0.39, 0.29) is 0 Å². The summed E-state index contributed by atoms with van der Waals surface area (Å²) in [5.74, 6) is 0. The Morgan fingerprint density at radius 1 is 1.46 bits per heavy atom. The SMILES string of the molecule is Cc1cc(C)n2ncc(C=O)c2n1. The predicted octanol–water partition coefficient (Wildman–Crippen LogP) is 1.16. The van der Waals surface area contributed by atoms with E-state index in [4.69, 9.17) is 0 Å². The molecule has 0 atom stereocenters. The zero-order valence-corrected chi connectivity index (χ0v) is 7.48. The summed E-state index contributed by atoms with van der Waals surface area (Å²) in [4.78, 5) is 14.8. The molecule has 0 N–H and O–H groups in total. The molecule has 0 bridgehead atoms. The second-order valence-corrected chi connectivity index (χ2v) is 2.99.